The number of hydrogen-bond donors (Lipinski definition) is 3. The second-order valence-corrected chi connectivity index (χ2v) is 8.80. The van der Waals surface area contributed by atoms with Gasteiger partial charge in [0.2, 0.25) is 5.95 Å². The second kappa shape index (κ2) is 9.21. The number of nitrogens with one attached hydrogen (secondary N) is 2. The Hall–Kier alpha value is -3.43. The van der Waals surface area contributed by atoms with Gasteiger partial charge in [-0.1, -0.05) is 18.2 Å². The predicted octanol–water partition coefficient (Wildman–Crippen LogP) is 4.54. The van der Waals surface area contributed by atoms with Crippen LogP contribution < -0.4 is 26.2 Å². The zero-order valence-electron chi connectivity index (χ0n) is 17.8. The average molecular weight is 507 g/mol. The minimum atomic E-state index is -0.257. The number of aromatic nitrogens is 3. The third-order valence-electron chi connectivity index (χ3n) is 5.60. The van der Waals surface area contributed by atoms with Gasteiger partial charge in [0.1, 0.15) is 22.7 Å². The molecule has 0 spiro atoms. The van der Waals surface area contributed by atoms with Gasteiger partial charge in [-0.3, -0.25) is 4.79 Å². The van der Waals surface area contributed by atoms with Crippen LogP contribution in [0.2, 0.25) is 0 Å². The number of anilines is 3. The Labute approximate surface area is 198 Å². The normalized spacial score (nSPS) is 14.4. The number of aromatic amines is 1. The zero-order valence-corrected chi connectivity index (χ0v) is 19.4. The lowest BCUT2D eigenvalue weighted by molar-refractivity contribution is 0.483. The largest absolute Gasteiger partial charge is 0.457 e. The van der Waals surface area contributed by atoms with E-state index in [0.717, 1.165) is 37.4 Å². The number of H-pyrrole nitrogens is 1. The molecule has 1 aliphatic heterocycles. The van der Waals surface area contributed by atoms with Crippen LogP contribution in [-0.4, -0.2) is 34.1 Å². The number of nitrogens with two attached hydrogens (primary N) is 1. The van der Waals surface area contributed by atoms with E-state index in [-0.39, 0.29) is 11.6 Å². The molecule has 0 bridgehead atoms. The molecule has 3 heterocycles. The van der Waals surface area contributed by atoms with Crippen molar-refractivity contribution >= 4 is 44.3 Å². The van der Waals surface area contributed by atoms with Crippen molar-refractivity contribution < 1.29 is 4.74 Å². The SMILES string of the molecule is NC1CCN(c2nc(Nc3ccc(Oc4ccccc4)cc3)c3c(=O)[nH]cc(Br)c3n2)CC1. The first-order valence-electron chi connectivity index (χ1n) is 10.8. The maximum absolute atomic E-state index is 12.7. The fourth-order valence-electron chi connectivity index (χ4n) is 3.81. The summed E-state index contributed by atoms with van der Waals surface area (Å²) < 4.78 is 6.56. The first-order chi connectivity index (χ1) is 16.1. The van der Waals surface area contributed by atoms with E-state index in [4.69, 9.17) is 20.4 Å². The second-order valence-electron chi connectivity index (χ2n) is 7.95. The molecule has 0 unspecified atom stereocenters. The van der Waals surface area contributed by atoms with Crippen molar-refractivity contribution in [3.8, 4) is 11.5 Å². The topological polar surface area (TPSA) is 109 Å². The monoisotopic (exact) mass is 506 g/mol. The summed E-state index contributed by atoms with van der Waals surface area (Å²) in [6.07, 6.45) is 3.36. The summed E-state index contributed by atoms with van der Waals surface area (Å²) in [4.78, 5) is 27.0. The molecule has 2 aromatic carbocycles. The number of halogens is 1. The minimum Gasteiger partial charge on any atom is -0.457 e. The van der Waals surface area contributed by atoms with E-state index in [1.807, 2.05) is 54.6 Å². The molecule has 0 radical (unpaired) electrons. The molecule has 1 fully saturated rings. The molecule has 2 aromatic heterocycles. The fraction of sp³-hybridized carbons (Fsp3) is 0.208. The van der Waals surface area contributed by atoms with Crippen LogP contribution in [0.15, 0.2) is 70.1 Å². The number of pyridine rings is 1. The lowest BCUT2D eigenvalue weighted by Crippen LogP contribution is -2.40. The molecule has 0 aliphatic carbocycles. The van der Waals surface area contributed by atoms with Crippen LogP contribution in [0.5, 0.6) is 11.5 Å². The number of rotatable bonds is 5. The van der Waals surface area contributed by atoms with Crippen molar-refractivity contribution in [3.63, 3.8) is 0 Å². The Bertz CT molecular complexity index is 1320. The molecule has 1 aliphatic rings. The summed E-state index contributed by atoms with van der Waals surface area (Å²) in [5, 5.41) is 3.69. The van der Waals surface area contributed by atoms with Gasteiger partial charge in [0.15, 0.2) is 0 Å². The molecule has 0 atom stereocenters. The molecule has 4 aromatic rings. The van der Waals surface area contributed by atoms with Crippen molar-refractivity contribution in [2.75, 3.05) is 23.3 Å². The highest BCUT2D eigenvalue weighted by Crippen LogP contribution is 2.30. The van der Waals surface area contributed by atoms with Gasteiger partial charge in [0, 0.05) is 31.0 Å². The maximum atomic E-state index is 12.7. The molecule has 4 N–H and O–H groups in total. The van der Waals surface area contributed by atoms with E-state index in [9.17, 15) is 4.79 Å². The summed E-state index contributed by atoms with van der Waals surface area (Å²) in [7, 11) is 0. The summed E-state index contributed by atoms with van der Waals surface area (Å²) >= 11 is 3.52. The summed E-state index contributed by atoms with van der Waals surface area (Å²) in [5.74, 6) is 2.50. The summed E-state index contributed by atoms with van der Waals surface area (Å²) in [6.45, 7) is 1.55. The predicted molar refractivity (Wildman–Crippen MR) is 134 cm³/mol. The number of benzene rings is 2. The first kappa shape index (κ1) is 21.4. The Balaban J connectivity index is 1.47. The Kier molecular flexibility index (Phi) is 5.97. The van der Waals surface area contributed by atoms with Crippen molar-refractivity contribution in [1.82, 2.24) is 15.0 Å². The van der Waals surface area contributed by atoms with Crippen LogP contribution in [0.1, 0.15) is 12.8 Å². The Morgan fingerprint density at radius 3 is 2.45 bits per heavy atom. The average Bonchev–Trinajstić information content (AvgIpc) is 2.84. The molecule has 8 nitrogen and oxygen atoms in total. The van der Waals surface area contributed by atoms with E-state index in [1.54, 1.807) is 6.20 Å². The Morgan fingerprint density at radius 2 is 1.73 bits per heavy atom. The highest BCUT2D eigenvalue weighted by molar-refractivity contribution is 9.10. The molecule has 168 valence electrons. The lowest BCUT2D eigenvalue weighted by atomic mass is 10.1. The number of nitrogens with zero attached hydrogens (tertiary/aromatic N) is 3. The van der Waals surface area contributed by atoms with Gasteiger partial charge in [-0.2, -0.15) is 4.98 Å². The van der Waals surface area contributed by atoms with Gasteiger partial charge >= 0.3 is 0 Å². The molecule has 33 heavy (non-hydrogen) atoms. The quantitative estimate of drug-likeness (QED) is 0.364. The van der Waals surface area contributed by atoms with Gasteiger partial charge in [-0.15, -0.1) is 0 Å². The highest BCUT2D eigenvalue weighted by atomic mass is 79.9. The van der Waals surface area contributed by atoms with Crippen LogP contribution in [0, 0.1) is 0 Å². The number of hydrogen-bond acceptors (Lipinski definition) is 7. The van der Waals surface area contributed by atoms with E-state index in [2.05, 4.69) is 31.1 Å². The van der Waals surface area contributed by atoms with E-state index >= 15 is 0 Å². The molecular formula is C24H23BrN6O2. The lowest BCUT2D eigenvalue weighted by Gasteiger charge is -2.30. The van der Waals surface area contributed by atoms with Gasteiger partial charge in [0.05, 0.1) is 9.99 Å². The van der Waals surface area contributed by atoms with E-state index < -0.39 is 0 Å². The van der Waals surface area contributed by atoms with Gasteiger partial charge in [-0.25, -0.2) is 4.98 Å². The minimum absolute atomic E-state index is 0.200. The van der Waals surface area contributed by atoms with E-state index in [0.29, 0.717) is 32.9 Å². The highest BCUT2D eigenvalue weighted by Gasteiger charge is 2.21. The van der Waals surface area contributed by atoms with Gasteiger partial charge in [-0.05, 0) is 65.2 Å². The van der Waals surface area contributed by atoms with Crippen LogP contribution >= 0.6 is 15.9 Å². The van der Waals surface area contributed by atoms with Crippen LogP contribution in [0.4, 0.5) is 17.5 Å². The van der Waals surface area contributed by atoms with Crippen molar-refractivity contribution in [1.29, 1.82) is 0 Å². The standard InChI is InChI=1S/C24H23BrN6O2/c25-19-14-27-23(32)20-21(19)29-24(31-12-10-15(26)11-13-31)30-22(20)28-16-6-8-18(9-7-16)33-17-4-2-1-3-5-17/h1-9,14-15H,10-13,26H2,(H,27,32)(H,28,29,30). The third-order valence-corrected chi connectivity index (χ3v) is 6.20. The van der Waals surface area contributed by atoms with E-state index in [1.165, 1.54) is 0 Å². The molecule has 9 heteroatoms. The number of ether oxygens (including phenoxy) is 1. The van der Waals surface area contributed by atoms with Crippen molar-refractivity contribution in [3.05, 3.63) is 75.6 Å². The summed E-state index contributed by atoms with van der Waals surface area (Å²) in [6, 6.07) is 17.3. The van der Waals surface area contributed by atoms with Crippen LogP contribution in [-0.2, 0) is 0 Å². The number of piperidine rings is 1. The van der Waals surface area contributed by atoms with Crippen molar-refractivity contribution in [2.45, 2.75) is 18.9 Å². The zero-order chi connectivity index (χ0) is 22.8. The third kappa shape index (κ3) is 4.69. The molecule has 0 saturated carbocycles. The number of para-hydroxylation sites is 1. The van der Waals surface area contributed by atoms with Crippen LogP contribution in [0.3, 0.4) is 0 Å². The molecular weight excluding hydrogens is 484 g/mol. The fourth-order valence-corrected chi connectivity index (χ4v) is 4.21. The molecule has 0 amide bonds. The molecule has 5 rings (SSSR count). The van der Waals surface area contributed by atoms with Gasteiger partial charge in [0.25, 0.3) is 5.56 Å². The summed E-state index contributed by atoms with van der Waals surface area (Å²) in [5.41, 5.74) is 7.14. The van der Waals surface area contributed by atoms with Crippen LogP contribution in [0.25, 0.3) is 10.9 Å². The number of fused-ring (bicyclic) bond motifs is 1. The first-order valence-corrected chi connectivity index (χ1v) is 11.6. The van der Waals surface area contributed by atoms with Crippen molar-refractivity contribution in [2.24, 2.45) is 5.73 Å². The maximum Gasteiger partial charge on any atom is 0.261 e. The smallest absolute Gasteiger partial charge is 0.261 e. The molecule has 1 saturated heterocycles. The Morgan fingerprint density at radius 1 is 1.03 bits per heavy atom. The van der Waals surface area contributed by atoms with Gasteiger partial charge < -0.3 is 25.7 Å².